The number of para-hydroxylation sites is 2. The van der Waals surface area contributed by atoms with Crippen molar-refractivity contribution in [2.24, 2.45) is 0 Å². The second kappa shape index (κ2) is 14.2. The molecule has 0 N–H and O–H groups in total. The average Bonchev–Trinajstić information content (AvgIpc) is 4.01. The molecule has 0 saturated carbocycles. The molecule has 0 aliphatic heterocycles. The minimum atomic E-state index is 0.631. The molecular weight excluding hydrogens is 787 g/mol. The number of nitrogens with zero attached hydrogens (tertiary/aromatic N) is 5. The van der Waals surface area contributed by atoms with E-state index in [9.17, 15) is 0 Å². The van der Waals surface area contributed by atoms with Gasteiger partial charge in [0.1, 0.15) is 0 Å². The largest absolute Gasteiger partial charge is 0.309 e. The van der Waals surface area contributed by atoms with Crippen molar-refractivity contribution in [3.05, 3.63) is 212 Å². The second-order valence-corrected chi connectivity index (χ2v) is 17.1. The molecule has 0 saturated heterocycles. The highest BCUT2D eigenvalue weighted by Gasteiger charge is 2.21. The van der Waals surface area contributed by atoms with Gasteiger partial charge in [0.05, 0.1) is 22.1 Å². The summed E-state index contributed by atoms with van der Waals surface area (Å²) >= 11 is 1.86. The number of hydrogen-bond acceptors (Lipinski definition) is 4. The summed E-state index contributed by atoms with van der Waals surface area (Å²) < 4.78 is 7.37. The fourth-order valence-electron chi connectivity index (χ4n) is 9.49. The Hall–Kier alpha value is -8.19. The van der Waals surface area contributed by atoms with E-state index in [2.05, 4.69) is 185 Å². The minimum absolute atomic E-state index is 0.631. The zero-order chi connectivity index (χ0) is 41.4. The number of fused-ring (bicyclic) bond motifs is 10. The van der Waals surface area contributed by atoms with Crippen molar-refractivity contribution in [3.63, 3.8) is 0 Å². The van der Waals surface area contributed by atoms with Crippen LogP contribution in [0, 0.1) is 0 Å². The molecule has 0 unspecified atom stereocenters. The summed E-state index contributed by atoms with van der Waals surface area (Å²) in [6.07, 6.45) is 0. The summed E-state index contributed by atoms with van der Waals surface area (Å²) in [5.74, 6) is 1.92. The number of thiophene rings is 1. The standard InChI is InChI=1S/C57H35N5S/c1-5-15-36(16-6-1)39-25-28-44-43-23-13-14-24-47(43)62(49(44)33-39)42-27-31-51-46(35-42)54-52(63-51)32-30-48-53(54)45-29-26-40(34-50(45)61(48)41-21-11-4-12-22-41)57-59-55(37-17-7-2-8-18-37)58-56(60-57)38-19-9-3-10-20-38/h1-35H. The molecule has 0 amide bonds. The predicted octanol–water partition coefficient (Wildman–Crippen LogP) is 15.1. The number of hydrogen-bond donors (Lipinski definition) is 0. The lowest BCUT2D eigenvalue weighted by atomic mass is 10.0. The molecule has 6 heteroatoms. The maximum Gasteiger partial charge on any atom is 0.164 e. The van der Waals surface area contributed by atoms with Crippen molar-refractivity contribution in [2.45, 2.75) is 0 Å². The molecule has 0 bridgehead atoms. The van der Waals surface area contributed by atoms with Gasteiger partial charge in [0.25, 0.3) is 0 Å². The smallest absolute Gasteiger partial charge is 0.164 e. The van der Waals surface area contributed by atoms with Gasteiger partial charge in [-0.2, -0.15) is 0 Å². The van der Waals surface area contributed by atoms with Crippen LogP contribution in [-0.2, 0) is 0 Å². The van der Waals surface area contributed by atoms with Crippen LogP contribution in [0.1, 0.15) is 0 Å². The first kappa shape index (κ1) is 35.6. The van der Waals surface area contributed by atoms with Crippen LogP contribution in [0.2, 0.25) is 0 Å². The highest BCUT2D eigenvalue weighted by Crippen LogP contribution is 2.45. The van der Waals surface area contributed by atoms with E-state index in [1.807, 2.05) is 47.7 Å². The van der Waals surface area contributed by atoms with Crippen molar-refractivity contribution < 1.29 is 0 Å². The van der Waals surface area contributed by atoms with Crippen LogP contribution in [0.15, 0.2) is 212 Å². The summed E-state index contributed by atoms with van der Waals surface area (Å²) in [6, 6.07) is 75.6. The first-order valence-corrected chi connectivity index (χ1v) is 22.0. The molecule has 5 nitrogen and oxygen atoms in total. The molecule has 0 fully saturated rings. The predicted molar refractivity (Wildman–Crippen MR) is 263 cm³/mol. The van der Waals surface area contributed by atoms with Crippen molar-refractivity contribution in [2.75, 3.05) is 0 Å². The normalized spacial score (nSPS) is 11.8. The van der Waals surface area contributed by atoms with Gasteiger partial charge in [0, 0.05) is 69.8 Å². The molecule has 0 aliphatic carbocycles. The summed E-state index contributed by atoms with van der Waals surface area (Å²) in [6.45, 7) is 0. The number of aromatic nitrogens is 5. The third kappa shape index (κ3) is 5.73. The van der Waals surface area contributed by atoms with E-state index in [1.165, 1.54) is 63.9 Å². The van der Waals surface area contributed by atoms with E-state index in [-0.39, 0.29) is 0 Å². The molecule has 0 aliphatic rings. The molecule has 4 heterocycles. The Bertz CT molecular complexity index is 3830. The molecule has 294 valence electrons. The minimum Gasteiger partial charge on any atom is -0.309 e. The Morgan fingerprint density at radius 3 is 1.52 bits per heavy atom. The van der Waals surface area contributed by atoms with Gasteiger partial charge in [-0.3, -0.25) is 0 Å². The molecule has 4 aromatic heterocycles. The Balaban J connectivity index is 1.06. The van der Waals surface area contributed by atoms with Gasteiger partial charge < -0.3 is 9.13 Å². The van der Waals surface area contributed by atoms with Crippen molar-refractivity contribution in [3.8, 4) is 56.7 Å². The highest BCUT2D eigenvalue weighted by atomic mass is 32.1. The fourth-order valence-corrected chi connectivity index (χ4v) is 10.6. The molecule has 63 heavy (non-hydrogen) atoms. The zero-order valence-corrected chi connectivity index (χ0v) is 34.7. The van der Waals surface area contributed by atoms with Crippen molar-refractivity contribution >= 4 is 75.1 Å². The Labute approximate surface area is 366 Å². The summed E-state index contributed by atoms with van der Waals surface area (Å²) in [4.78, 5) is 15.2. The van der Waals surface area contributed by atoms with E-state index in [1.54, 1.807) is 0 Å². The zero-order valence-electron chi connectivity index (χ0n) is 33.9. The van der Waals surface area contributed by atoms with Crippen LogP contribution >= 0.6 is 11.3 Å². The first-order chi connectivity index (χ1) is 31.2. The van der Waals surface area contributed by atoms with E-state index < -0.39 is 0 Å². The van der Waals surface area contributed by atoms with Crippen LogP contribution in [0.5, 0.6) is 0 Å². The van der Waals surface area contributed by atoms with Gasteiger partial charge in [-0.15, -0.1) is 11.3 Å². The van der Waals surface area contributed by atoms with E-state index in [0.717, 1.165) is 39.1 Å². The van der Waals surface area contributed by atoms with Crippen molar-refractivity contribution in [1.29, 1.82) is 0 Å². The van der Waals surface area contributed by atoms with Crippen LogP contribution in [0.3, 0.4) is 0 Å². The van der Waals surface area contributed by atoms with Crippen LogP contribution < -0.4 is 0 Å². The Kier molecular flexibility index (Phi) is 8.01. The summed E-state index contributed by atoms with van der Waals surface area (Å²) in [5, 5.41) is 7.42. The molecule has 9 aromatic carbocycles. The lowest BCUT2D eigenvalue weighted by Crippen LogP contribution is -2.00. The second-order valence-electron chi connectivity index (χ2n) is 16.0. The van der Waals surface area contributed by atoms with E-state index >= 15 is 0 Å². The van der Waals surface area contributed by atoms with Crippen LogP contribution in [0.4, 0.5) is 0 Å². The Morgan fingerprint density at radius 2 is 0.810 bits per heavy atom. The topological polar surface area (TPSA) is 48.5 Å². The van der Waals surface area contributed by atoms with Gasteiger partial charge in [-0.05, 0) is 71.8 Å². The maximum atomic E-state index is 5.11. The highest BCUT2D eigenvalue weighted by molar-refractivity contribution is 7.26. The van der Waals surface area contributed by atoms with Gasteiger partial charge in [-0.1, -0.05) is 152 Å². The SMILES string of the molecule is c1ccc(-c2ccc3c4ccccc4n(-c4ccc5sc6ccc7c(c8ccc(-c9nc(-c%10ccccc%10)nc(-c%10ccccc%10)n9)cc8n7-c7ccccc7)c6c5c4)c3c2)cc1. The van der Waals surface area contributed by atoms with E-state index in [0.29, 0.717) is 17.5 Å². The van der Waals surface area contributed by atoms with Crippen LogP contribution in [-0.4, -0.2) is 24.1 Å². The summed E-state index contributed by atoms with van der Waals surface area (Å²) in [7, 11) is 0. The molecule has 13 aromatic rings. The van der Waals surface area contributed by atoms with Crippen LogP contribution in [0.25, 0.3) is 120 Å². The molecule has 0 radical (unpaired) electrons. The lowest BCUT2D eigenvalue weighted by molar-refractivity contribution is 1.07. The molecular formula is C57H35N5S. The third-order valence-corrected chi connectivity index (χ3v) is 13.5. The average molecular weight is 822 g/mol. The number of benzene rings is 9. The summed E-state index contributed by atoms with van der Waals surface area (Å²) in [5.41, 5.74) is 12.1. The van der Waals surface area contributed by atoms with Gasteiger partial charge in [-0.25, -0.2) is 15.0 Å². The van der Waals surface area contributed by atoms with Gasteiger partial charge in [0.15, 0.2) is 17.5 Å². The monoisotopic (exact) mass is 821 g/mol. The van der Waals surface area contributed by atoms with Gasteiger partial charge >= 0.3 is 0 Å². The number of rotatable bonds is 6. The molecule has 13 rings (SSSR count). The first-order valence-electron chi connectivity index (χ1n) is 21.2. The Morgan fingerprint density at radius 1 is 0.286 bits per heavy atom. The molecule has 0 spiro atoms. The fraction of sp³-hybridized carbons (Fsp3) is 0. The third-order valence-electron chi connectivity index (χ3n) is 12.4. The quantitative estimate of drug-likeness (QED) is 0.168. The van der Waals surface area contributed by atoms with E-state index in [4.69, 9.17) is 15.0 Å². The lowest BCUT2D eigenvalue weighted by Gasteiger charge is -2.10. The maximum absolute atomic E-state index is 5.11. The van der Waals surface area contributed by atoms with Gasteiger partial charge in [0.2, 0.25) is 0 Å². The van der Waals surface area contributed by atoms with Crippen molar-refractivity contribution in [1.82, 2.24) is 24.1 Å². The molecule has 0 atom stereocenters.